The number of hydrogen-bond donors (Lipinski definition) is 1. The van der Waals surface area contributed by atoms with Crippen LogP contribution in [0.5, 0.6) is 0 Å². The van der Waals surface area contributed by atoms with E-state index in [4.69, 9.17) is 59.9 Å². The van der Waals surface area contributed by atoms with Crippen LogP contribution in [0.2, 0.25) is 0 Å². The van der Waals surface area contributed by atoms with E-state index in [1.54, 1.807) is 42.1 Å². The van der Waals surface area contributed by atoms with Crippen LogP contribution in [0, 0.1) is 46.8 Å². The van der Waals surface area contributed by atoms with Gasteiger partial charge < -0.3 is 37.1 Å². The third kappa shape index (κ3) is 28.6. The number of imidazole rings is 5. The van der Waals surface area contributed by atoms with Crippen molar-refractivity contribution in [1.82, 2.24) is 46.9 Å². The number of aliphatic hydroxyl groups excluding tert-OH is 1. The Morgan fingerprint density at radius 3 is 1.02 bits per heavy atom. The van der Waals surface area contributed by atoms with Gasteiger partial charge in [-0.15, -0.1) is 0 Å². The Morgan fingerprint density at radius 2 is 0.887 bits per heavy atom. The van der Waals surface area contributed by atoms with Crippen molar-refractivity contribution < 1.29 is 19.9 Å². The summed E-state index contributed by atoms with van der Waals surface area (Å²) in [6.07, 6.45) is 22.8. The maximum atomic E-state index is 8.81. The molecule has 53 heavy (non-hydrogen) atoms. The van der Waals surface area contributed by atoms with Gasteiger partial charge in [0.2, 0.25) is 0 Å². The van der Waals surface area contributed by atoms with Gasteiger partial charge >= 0.3 is 0 Å². The van der Waals surface area contributed by atoms with Crippen molar-refractivity contribution in [3.8, 4) is 0 Å². The number of aromatic nitrogens is 10. The Labute approximate surface area is 327 Å². The van der Waals surface area contributed by atoms with Gasteiger partial charge in [-0.1, -0.05) is 23.5 Å². The zero-order valence-corrected chi connectivity index (χ0v) is 35.3. The number of thioether (sulfide) groups is 2. The van der Waals surface area contributed by atoms with Crippen molar-refractivity contribution in [2.45, 2.75) is 23.8 Å². The van der Waals surface area contributed by atoms with Crippen LogP contribution >= 0.6 is 48.0 Å². The van der Waals surface area contributed by atoms with Crippen molar-refractivity contribution in [3.05, 3.63) is 108 Å². The monoisotopic (exact) mass is 821 g/mol. The molecule has 298 valence electrons. The van der Waals surface area contributed by atoms with Gasteiger partial charge in [0.05, 0.1) is 6.61 Å². The van der Waals surface area contributed by atoms with Crippen LogP contribution in [0.15, 0.2) is 72.3 Å². The second-order valence-electron chi connectivity index (χ2n) is 9.87. The van der Waals surface area contributed by atoms with E-state index in [1.165, 1.54) is 0 Å². The van der Waals surface area contributed by atoms with E-state index in [1.807, 2.05) is 137 Å². The first-order valence-corrected chi connectivity index (χ1v) is 18.1. The lowest BCUT2D eigenvalue weighted by Crippen LogP contribution is -2.02. The molecule has 0 aromatic carbocycles. The smallest absolute Gasteiger partial charge is 0.194 e. The summed E-state index contributed by atoms with van der Waals surface area (Å²) in [6.45, 7) is 2.73. The average Bonchev–Trinajstić information content (AvgIpc) is 3.90. The Bertz CT molecular complexity index is 1660. The Hall–Kier alpha value is -4.65. The SMILES string of the molecule is CSc1nccn1C.CSc1nccn1C.C[N+](=O)[O-].C[N+](=O)[O-].C[N+](=O)[O-].Cc1nccn1CCO.Cn1ccn(C)c1=S.Cn1ccn(C)c1=S. The fraction of sp³-hybridized carbons (Fsp3) is 0.483. The van der Waals surface area contributed by atoms with E-state index >= 15 is 0 Å². The van der Waals surface area contributed by atoms with Gasteiger partial charge in [-0.05, 0) is 43.9 Å². The average molecular weight is 822 g/mol. The van der Waals surface area contributed by atoms with E-state index in [0.717, 1.165) is 46.8 Å². The van der Waals surface area contributed by atoms with Crippen molar-refractivity contribution in [2.24, 2.45) is 42.3 Å². The fourth-order valence-corrected chi connectivity index (χ4v) is 4.27. The van der Waals surface area contributed by atoms with Gasteiger partial charge in [-0.2, -0.15) is 0 Å². The predicted molar refractivity (Wildman–Crippen MR) is 213 cm³/mol. The Kier molecular flexibility index (Phi) is 30.8. The molecule has 5 aromatic heterocycles. The highest BCUT2D eigenvalue weighted by atomic mass is 32.2. The zero-order chi connectivity index (χ0) is 41.7. The van der Waals surface area contributed by atoms with E-state index in [-0.39, 0.29) is 6.61 Å². The molecule has 0 atom stereocenters. The molecule has 0 aliphatic heterocycles. The van der Waals surface area contributed by atoms with Crippen LogP contribution in [0.1, 0.15) is 5.82 Å². The molecule has 0 aliphatic rings. The summed E-state index contributed by atoms with van der Waals surface area (Å²) in [4.78, 5) is 37.0. The maximum Gasteiger partial charge on any atom is 0.194 e. The Balaban J connectivity index is -0.000000550. The molecule has 0 radical (unpaired) electrons. The summed E-state index contributed by atoms with van der Waals surface area (Å²) in [5.41, 5.74) is 0. The summed E-state index contributed by atoms with van der Waals surface area (Å²) in [5.74, 6) is 0.948. The standard InChI is InChI=1S/C6H10N2O.4C5H8N2S.3CH3NO2/c1-6-7-2-3-8(6)4-5-9;2*1-7-4-3-6-5(7)8-2;2*1-6-3-4-7(2)5(6)8;3*1-2(3)4/h2-3,9H,4-5H2,1H3;4*3-4H,1-2H3;3*1H3. The molecule has 0 fully saturated rings. The molecule has 0 spiro atoms. The number of aryl methyl sites for hydroxylation is 7. The van der Waals surface area contributed by atoms with Crippen LogP contribution in [0.3, 0.4) is 0 Å². The third-order valence-corrected chi connectivity index (χ3v) is 8.09. The van der Waals surface area contributed by atoms with Crippen molar-refractivity contribution in [2.75, 3.05) is 40.3 Å². The highest BCUT2D eigenvalue weighted by Crippen LogP contribution is 2.08. The zero-order valence-electron chi connectivity index (χ0n) is 32.0. The summed E-state index contributed by atoms with van der Waals surface area (Å²) in [7, 11) is 14.4. The highest BCUT2D eigenvalue weighted by molar-refractivity contribution is 7.98. The fourth-order valence-electron chi connectivity index (χ4n) is 3.00. The molecule has 0 saturated heterocycles. The summed E-state index contributed by atoms with van der Waals surface area (Å²) < 4.78 is 15.2. The van der Waals surface area contributed by atoms with Gasteiger partial charge in [0.1, 0.15) is 5.82 Å². The third-order valence-electron chi connectivity index (χ3n) is 5.42. The van der Waals surface area contributed by atoms with Gasteiger partial charge in [-0.3, -0.25) is 30.3 Å². The van der Waals surface area contributed by atoms with E-state index in [0.29, 0.717) is 6.54 Å². The van der Waals surface area contributed by atoms with E-state index in [2.05, 4.69) is 15.0 Å². The van der Waals surface area contributed by atoms with Crippen LogP contribution in [0.25, 0.3) is 0 Å². The van der Waals surface area contributed by atoms with Crippen LogP contribution in [-0.4, -0.2) is 107 Å². The second-order valence-corrected chi connectivity index (χ2v) is 12.1. The van der Waals surface area contributed by atoms with Gasteiger partial charge in [0, 0.05) is 126 Å². The topological polar surface area (TPSA) is 223 Å². The molecule has 5 heterocycles. The Morgan fingerprint density at radius 1 is 0.604 bits per heavy atom. The normalized spacial score (nSPS) is 9.00. The summed E-state index contributed by atoms with van der Waals surface area (Å²) >= 11 is 13.2. The largest absolute Gasteiger partial charge is 0.395 e. The quantitative estimate of drug-likeness (QED) is 0.115. The molecule has 1 N–H and O–H groups in total. The molecular weight excluding hydrogens is 771 g/mol. The number of aliphatic hydroxyl groups is 1. The van der Waals surface area contributed by atoms with Gasteiger partial charge in [0.25, 0.3) is 0 Å². The van der Waals surface area contributed by atoms with Gasteiger partial charge in [0.15, 0.2) is 41.0 Å². The minimum Gasteiger partial charge on any atom is -0.395 e. The van der Waals surface area contributed by atoms with E-state index < -0.39 is 14.8 Å². The molecule has 0 aliphatic carbocycles. The second kappa shape index (κ2) is 30.9. The lowest BCUT2D eigenvalue weighted by atomic mass is 10.6. The minimum atomic E-state index is -0.500. The summed E-state index contributed by atoms with van der Waals surface area (Å²) in [6, 6.07) is 0. The molecular formula is C29H51N13O7S4. The summed E-state index contributed by atoms with van der Waals surface area (Å²) in [5, 5.41) is 37.1. The lowest BCUT2D eigenvalue weighted by Gasteiger charge is -1.98. The number of hydrogen-bond acceptors (Lipinski definition) is 14. The van der Waals surface area contributed by atoms with Crippen LogP contribution in [0.4, 0.5) is 0 Å². The number of rotatable bonds is 4. The van der Waals surface area contributed by atoms with E-state index in [9.17, 15) is 0 Å². The molecule has 0 unspecified atom stereocenters. The number of nitrogens with zero attached hydrogens (tertiary/aromatic N) is 13. The predicted octanol–water partition coefficient (Wildman–Crippen LogP) is 4.33. The van der Waals surface area contributed by atoms with Crippen molar-refractivity contribution >= 4 is 48.0 Å². The first-order chi connectivity index (χ1) is 24.7. The van der Waals surface area contributed by atoms with Crippen molar-refractivity contribution in [3.63, 3.8) is 0 Å². The maximum absolute atomic E-state index is 8.81. The first kappa shape index (κ1) is 52.7. The van der Waals surface area contributed by atoms with Crippen LogP contribution in [-0.2, 0) is 48.8 Å². The first-order valence-electron chi connectivity index (χ1n) is 14.9. The molecule has 5 aromatic rings. The van der Waals surface area contributed by atoms with Crippen LogP contribution < -0.4 is 0 Å². The molecule has 0 saturated carbocycles. The highest BCUT2D eigenvalue weighted by Gasteiger charge is 1.93. The molecule has 20 nitrogen and oxygen atoms in total. The molecule has 0 bridgehead atoms. The molecule has 24 heteroatoms. The molecule has 5 rings (SSSR count). The lowest BCUT2D eigenvalue weighted by molar-refractivity contribution is -0.445. The minimum absolute atomic E-state index is 0.178. The van der Waals surface area contributed by atoms with Gasteiger partial charge in [-0.25, -0.2) is 15.0 Å². The number of nitro groups is 3. The van der Waals surface area contributed by atoms with Crippen molar-refractivity contribution in [1.29, 1.82) is 0 Å². The molecule has 0 amide bonds.